The maximum Gasteiger partial charge on any atom is 0.413 e. The van der Waals surface area contributed by atoms with Gasteiger partial charge in [-0.3, -0.25) is 14.9 Å². The molecule has 4 rings (SSSR count). The van der Waals surface area contributed by atoms with Crippen LogP contribution in [0.4, 0.5) is 14.6 Å². The first-order valence-electron chi connectivity index (χ1n) is 13.9. The van der Waals surface area contributed by atoms with E-state index in [0.29, 0.717) is 16.9 Å². The van der Waals surface area contributed by atoms with Crippen molar-refractivity contribution in [1.82, 2.24) is 14.5 Å². The molecule has 2 aromatic carbocycles. The van der Waals surface area contributed by atoms with E-state index in [9.17, 15) is 27.6 Å². The second kappa shape index (κ2) is 14.0. The molecule has 1 aromatic heterocycles. The number of amides is 4. The summed E-state index contributed by atoms with van der Waals surface area (Å²) in [5.74, 6) is -1.35. The molecule has 3 aromatic rings. The highest BCUT2D eigenvalue weighted by Crippen LogP contribution is 2.37. The van der Waals surface area contributed by atoms with E-state index < -0.39 is 34.0 Å². The molecule has 4 amide bonds. The van der Waals surface area contributed by atoms with Gasteiger partial charge in [0.1, 0.15) is 5.00 Å². The Bertz CT molecular complexity index is 1640. The van der Waals surface area contributed by atoms with Gasteiger partial charge >= 0.3 is 12.2 Å². The number of anilines is 1. The number of hydrogen-bond donors (Lipinski definition) is 2. The predicted octanol–water partition coefficient (Wildman–Crippen LogP) is 4.61. The van der Waals surface area contributed by atoms with Gasteiger partial charge in [-0.1, -0.05) is 30.3 Å². The molecule has 0 aliphatic carbocycles. The Hall–Kier alpha value is -4.27. The highest BCUT2D eigenvalue weighted by atomic mass is 32.2. The van der Waals surface area contributed by atoms with E-state index in [-0.39, 0.29) is 53.3 Å². The highest BCUT2D eigenvalue weighted by Gasteiger charge is 2.32. The number of sulfonamides is 1. The predicted molar refractivity (Wildman–Crippen MR) is 164 cm³/mol. The number of benzene rings is 2. The van der Waals surface area contributed by atoms with Crippen molar-refractivity contribution in [2.75, 3.05) is 25.6 Å². The third-order valence-electron chi connectivity index (χ3n) is 6.92. The number of alkyl carbamates (subject to hydrolysis) is 1. The SMILES string of the molecule is CCOC(=O)N1CCc2c(sc(NC(=O)c3ccc(S(=O)(=O)N(Cc4ccccc4)C(C)C)cc3)c2C(=O)NC(=O)OC)C1. The van der Waals surface area contributed by atoms with Gasteiger partial charge in [0.2, 0.25) is 10.0 Å². The average molecular weight is 643 g/mol. The third kappa shape index (κ3) is 7.26. The molecule has 2 heterocycles. The first kappa shape index (κ1) is 32.6. The summed E-state index contributed by atoms with van der Waals surface area (Å²) in [7, 11) is -2.76. The topological polar surface area (TPSA) is 151 Å². The molecule has 44 heavy (non-hydrogen) atoms. The zero-order valence-electron chi connectivity index (χ0n) is 24.8. The Labute approximate surface area is 260 Å². The summed E-state index contributed by atoms with van der Waals surface area (Å²) in [6, 6.07) is 14.5. The van der Waals surface area contributed by atoms with Gasteiger partial charge in [0, 0.05) is 29.6 Å². The zero-order chi connectivity index (χ0) is 32.0. The monoisotopic (exact) mass is 642 g/mol. The molecular formula is C30H34N4O8S2. The molecule has 0 saturated carbocycles. The molecule has 1 aliphatic heterocycles. The van der Waals surface area contributed by atoms with Crippen molar-refractivity contribution in [2.45, 2.75) is 51.2 Å². The third-order valence-corrected chi connectivity index (χ3v) is 10.1. The molecule has 14 heteroatoms. The van der Waals surface area contributed by atoms with Gasteiger partial charge in [-0.05, 0) is 62.6 Å². The first-order valence-corrected chi connectivity index (χ1v) is 16.1. The van der Waals surface area contributed by atoms with Crippen LogP contribution in [0.5, 0.6) is 0 Å². The number of thiophene rings is 1. The summed E-state index contributed by atoms with van der Waals surface area (Å²) in [5.41, 5.74) is 1.69. The number of imide groups is 1. The number of nitrogens with one attached hydrogen (secondary N) is 2. The highest BCUT2D eigenvalue weighted by molar-refractivity contribution is 7.89. The number of nitrogens with zero attached hydrogens (tertiary/aromatic N) is 2. The first-order chi connectivity index (χ1) is 21.0. The Morgan fingerprint density at radius 2 is 1.70 bits per heavy atom. The minimum Gasteiger partial charge on any atom is -0.453 e. The van der Waals surface area contributed by atoms with Crippen molar-refractivity contribution in [3.8, 4) is 0 Å². The maximum atomic E-state index is 13.5. The lowest BCUT2D eigenvalue weighted by Crippen LogP contribution is -2.37. The van der Waals surface area contributed by atoms with Gasteiger partial charge < -0.3 is 19.7 Å². The Balaban J connectivity index is 1.58. The molecule has 0 spiro atoms. The molecule has 0 fully saturated rings. The van der Waals surface area contributed by atoms with Gasteiger partial charge in [-0.15, -0.1) is 11.3 Å². The van der Waals surface area contributed by atoms with Crippen LogP contribution in [0.3, 0.4) is 0 Å². The van der Waals surface area contributed by atoms with Crippen molar-refractivity contribution in [1.29, 1.82) is 0 Å². The minimum atomic E-state index is -3.89. The number of carbonyl (C=O) groups excluding carboxylic acids is 4. The van der Waals surface area contributed by atoms with Gasteiger partial charge in [-0.25, -0.2) is 18.0 Å². The standard InChI is InChI=1S/C30H34N4O8S2/c1-5-42-30(38)33-16-15-23-24(18-33)43-28(25(23)27(36)32-29(37)41-4)31-26(35)21-11-13-22(14-12-21)44(39,40)34(19(2)3)17-20-9-7-6-8-10-20/h6-14,19H,5,15-18H2,1-4H3,(H,31,35)(H,32,36,37). The normalized spacial score (nSPS) is 12.9. The average Bonchev–Trinajstić information content (AvgIpc) is 3.37. The van der Waals surface area contributed by atoms with E-state index in [2.05, 4.69) is 15.4 Å². The minimum absolute atomic E-state index is 0.0301. The van der Waals surface area contributed by atoms with E-state index in [0.717, 1.165) is 24.0 Å². The van der Waals surface area contributed by atoms with Gasteiger partial charge in [0.25, 0.3) is 11.8 Å². The fourth-order valence-corrected chi connectivity index (χ4v) is 7.59. The summed E-state index contributed by atoms with van der Waals surface area (Å²) in [4.78, 5) is 52.7. The maximum absolute atomic E-state index is 13.5. The number of methoxy groups -OCH3 is 1. The van der Waals surface area contributed by atoms with E-state index in [4.69, 9.17) is 4.74 Å². The Morgan fingerprint density at radius 1 is 1.02 bits per heavy atom. The summed E-state index contributed by atoms with van der Waals surface area (Å²) >= 11 is 1.11. The fourth-order valence-electron chi connectivity index (χ4n) is 4.71. The zero-order valence-corrected chi connectivity index (χ0v) is 26.4. The number of hydrogen-bond acceptors (Lipinski definition) is 9. The van der Waals surface area contributed by atoms with E-state index in [1.807, 2.05) is 30.3 Å². The van der Waals surface area contributed by atoms with Crippen molar-refractivity contribution in [2.24, 2.45) is 0 Å². The molecule has 0 atom stereocenters. The van der Waals surface area contributed by atoms with Crippen LogP contribution in [0.1, 0.15) is 57.5 Å². The van der Waals surface area contributed by atoms with Crippen molar-refractivity contribution in [3.05, 3.63) is 81.7 Å². The molecular weight excluding hydrogens is 608 g/mol. The summed E-state index contributed by atoms with van der Waals surface area (Å²) in [6.07, 6.45) is -1.16. The molecule has 0 saturated heterocycles. The Morgan fingerprint density at radius 3 is 2.32 bits per heavy atom. The van der Waals surface area contributed by atoms with E-state index in [1.54, 1.807) is 20.8 Å². The van der Waals surface area contributed by atoms with Crippen molar-refractivity contribution >= 4 is 50.4 Å². The van der Waals surface area contributed by atoms with Crippen molar-refractivity contribution < 1.29 is 37.1 Å². The second-order valence-corrected chi connectivity index (χ2v) is 13.1. The lowest BCUT2D eigenvalue weighted by molar-refractivity contribution is 0.0936. The molecule has 0 unspecified atom stereocenters. The lowest BCUT2D eigenvalue weighted by Gasteiger charge is -2.26. The van der Waals surface area contributed by atoms with Crippen LogP contribution in [0.15, 0.2) is 59.5 Å². The number of fused-ring (bicyclic) bond motifs is 1. The summed E-state index contributed by atoms with van der Waals surface area (Å²) in [5, 5.41) is 5.04. The largest absolute Gasteiger partial charge is 0.453 e. The van der Waals surface area contributed by atoms with Crippen LogP contribution in [0, 0.1) is 0 Å². The van der Waals surface area contributed by atoms with Crippen LogP contribution in [-0.4, -0.2) is 67.9 Å². The smallest absolute Gasteiger partial charge is 0.413 e. The van der Waals surface area contributed by atoms with Gasteiger partial charge in [0.15, 0.2) is 0 Å². The van der Waals surface area contributed by atoms with Crippen LogP contribution in [-0.2, 0) is 39.0 Å². The fraction of sp³-hybridized carbons (Fsp3) is 0.333. The number of carbonyl (C=O) groups is 4. The van der Waals surface area contributed by atoms with Crippen LogP contribution in [0.2, 0.25) is 0 Å². The molecule has 0 bridgehead atoms. The quantitative estimate of drug-likeness (QED) is 0.344. The van der Waals surface area contributed by atoms with E-state index in [1.165, 1.54) is 33.5 Å². The van der Waals surface area contributed by atoms with E-state index >= 15 is 0 Å². The molecule has 12 nitrogen and oxygen atoms in total. The second-order valence-electron chi connectivity index (χ2n) is 10.1. The van der Waals surface area contributed by atoms with Gasteiger partial charge in [-0.2, -0.15) is 4.31 Å². The molecule has 2 N–H and O–H groups in total. The summed E-state index contributed by atoms with van der Waals surface area (Å²) < 4.78 is 38.1. The van der Waals surface area contributed by atoms with Crippen LogP contribution in [0.25, 0.3) is 0 Å². The van der Waals surface area contributed by atoms with Crippen LogP contribution < -0.4 is 10.6 Å². The molecule has 234 valence electrons. The van der Waals surface area contributed by atoms with Gasteiger partial charge in [0.05, 0.1) is 30.7 Å². The molecule has 1 aliphatic rings. The molecule has 0 radical (unpaired) electrons. The van der Waals surface area contributed by atoms with Crippen LogP contribution >= 0.6 is 11.3 Å². The Kier molecular flexibility index (Phi) is 10.4. The number of ether oxygens (including phenoxy) is 2. The lowest BCUT2D eigenvalue weighted by atomic mass is 10.0. The summed E-state index contributed by atoms with van der Waals surface area (Å²) in [6.45, 7) is 6.14. The van der Waals surface area contributed by atoms with Crippen molar-refractivity contribution in [3.63, 3.8) is 0 Å². The number of rotatable bonds is 9.